The van der Waals surface area contributed by atoms with Crippen LogP contribution < -0.4 is 4.90 Å². The van der Waals surface area contributed by atoms with Crippen LogP contribution in [-0.2, 0) is 6.42 Å². The van der Waals surface area contributed by atoms with Crippen molar-refractivity contribution < 1.29 is 5.11 Å². The zero-order chi connectivity index (χ0) is 19.4. The van der Waals surface area contributed by atoms with Gasteiger partial charge in [0.2, 0.25) is 0 Å². The Morgan fingerprint density at radius 1 is 1.15 bits per heavy atom. The lowest BCUT2D eigenvalue weighted by atomic mass is 10.00. The number of aliphatic hydroxyl groups excluding tert-OH is 1. The van der Waals surface area contributed by atoms with Crippen LogP contribution in [0.5, 0.6) is 0 Å². The molecule has 1 saturated heterocycles. The normalized spacial score (nSPS) is 19.1. The van der Waals surface area contributed by atoms with Crippen LogP contribution in [0, 0.1) is 11.3 Å². The van der Waals surface area contributed by atoms with Gasteiger partial charge in [0.15, 0.2) is 11.5 Å². The maximum absolute atomic E-state index is 10.7. The number of piperazine rings is 1. The Labute approximate surface area is 161 Å². The molecule has 2 atom stereocenters. The summed E-state index contributed by atoms with van der Waals surface area (Å²) < 4.78 is 0. The summed E-state index contributed by atoms with van der Waals surface area (Å²) >= 11 is 0. The number of aliphatic hydroxyl groups is 1. The number of rotatable bonds is 5. The van der Waals surface area contributed by atoms with Gasteiger partial charge in [0.25, 0.3) is 0 Å². The van der Waals surface area contributed by atoms with Gasteiger partial charge in [-0.15, -0.1) is 10.2 Å². The fourth-order valence-corrected chi connectivity index (χ4v) is 3.54. The first kappa shape index (κ1) is 19.3. The van der Waals surface area contributed by atoms with Crippen molar-refractivity contribution in [2.45, 2.75) is 45.4 Å². The molecule has 0 saturated carbocycles. The Morgan fingerprint density at radius 2 is 1.89 bits per heavy atom. The standard InChI is InChI=1S/C21H27N5O/c1-15(2)18-6-4-17(5-7-18)12-21(27)26-11-10-25(14-16(26)3)20-9-8-19(13-22)23-24-20/h4-9,15-16,21,27H,10-12,14H2,1-3H3/t16-,21?/m1/s1. The monoisotopic (exact) mass is 365 g/mol. The van der Waals surface area contributed by atoms with Gasteiger partial charge in [-0.1, -0.05) is 38.1 Å². The molecule has 0 amide bonds. The van der Waals surface area contributed by atoms with E-state index in [9.17, 15) is 5.11 Å². The second kappa shape index (κ2) is 8.47. The summed E-state index contributed by atoms with van der Waals surface area (Å²) in [5, 5.41) is 27.6. The van der Waals surface area contributed by atoms with Crippen LogP contribution in [0.15, 0.2) is 36.4 Å². The second-order valence-corrected chi connectivity index (χ2v) is 7.50. The smallest absolute Gasteiger partial charge is 0.163 e. The quantitative estimate of drug-likeness (QED) is 0.877. The Kier molecular flexibility index (Phi) is 6.04. The van der Waals surface area contributed by atoms with E-state index < -0.39 is 6.23 Å². The highest BCUT2D eigenvalue weighted by Gasteiger charge is 2.29. The molecule has 0 bridgehead atoms. The minimum Gasteiger partial charge on any atom is -0.378 e. The van der Waals surface area contributed by atoms with Gasteiger partial charge < -0.3 is 10.0 Å². The first-order valence-corrected chi connectivity index (χ1v) is 9.49. The summed E-state index contributed by atoms with van der Waals surface area (Å²) in [5.74, 6) is 1.29. The van der Waals surface area contributed by atoms with Gasteiger partial charge in [-0.05, 0) is 36.1 Å². The molecule has 1 N–H and O–H groups in total. The topological polar surface area (TPSA) is 76.3 Å². The summed E-state index contributed by atoms with van der Waals surface area (Å²) in [7, 11) is 0. The van der Waals surface area contributed by atoms with Crippen molar-refractivity contribution in [1.29, 1.82) is 5.26 Å². The maximum Gasteiger partial charge on any atom is 0.163 e. The van der Waals surface area contributed by atoms with Crippen molar-refractivity contribution in [2.75, 3.05) is 24.5 Å². The van der Waals surface area contributed by atoms with Crippen molar-refractivity contribution in [1.82, 2.24) is 15.1 Å². The molecule has 0 spiro atoms. The number of nitrogens with zero attached hydrogens (tertiary/aromatic N) is 5. The van der Waals surface area contributed by atoms with Gasteiger partial charge in [0.1, 0.15) is 12.3 Å². The molecule has 6 heteroatoms. The third-order valence-electron chi connectivity index (χ3n) is 5.22. The summed E-state index contributed by atoms with van der Waals surface area (Å²) in [4.78, 5) is 4.30. The van der Waals surface area contributed by atoms with Gasteiger partial charge in [-0.3, -0.25) is 4.90 Å². The van der Waals surface area contributed by atoms with E-state index in [0.29, 0.717) is 18.0 Å². The molecule has 1 aliphatic rings. The van der Waals surface area contributed by atoms with Gasteiger partial charge in [0, 0.05) is 32.1 Å². The Balaban J connectivity index is 1.59. The summed E-state index contributed by atoms with van der Waals surface area (Å²) in [6.45, 7) is 8.78. The van der Waals surface area contributed by atoms with Crippen LogP contribution in [-0.4, -0.2) is 52.1 Å². The van der Waals surface area contributed by atoms with Crippen LogP contribution in [0.2, 0.25) is 0 Å². The van der Waals surface area contributed by atoms with E-state index in [2.05, 4.69) is 65.0 Å². The molecule has 142 valence electrons. The number of hydrogen-bond donors (Lipinski definition) is 1. The van der Waals surface area contributed by atoms with Gasteiger partial charge in [0.05, 0.1) is 0 Å². The summed E-state index contributed by atoms with van der Waals surface area (Å²) in [6.07, 6.45) is 0.124. The Morgan fingerprint density at radius 3 is 2.44 bits per heavy atom. The van der Waals surface area contributed by atoms with E-state index in [-0.39, 0.29) is 6.04 Å². The highest BCUT2D eigenvalue weighted by atomic mass is 16.3. The van der Waals surface area contributed by atoms with Crippen LogP contribution in [0.1, 0.15) is 43.5 Å². The number of nitriles is 1. The van der Waals surface area contributed by atoms with Crippen molar-refractivity contribution in [3.8, 4) is 6.07 Å². The molecule has 2 aromatic rings. The Hall–Kier alpha value is -2.49. The first-order valence-electron chi connectivity index (χ1n) is 9.49. The molecule has 1 unspecified atom stereocenters. The predicted molar refractivity (Wildman–Crippen MR) is 105 cm³/mol. The molecule has 1 aromatic heterocycles. The zero-order valence-corrected chi connectivity index (χ0v) is 16.2. The predicted octanol–water partition coefficient (Wildman–Crippen LogP) is 2.54. The van der Waals surface area contributed by atoms with Crippen LogP contribution in [0.25, 0.3) is 0 Å². The highest BCUT2D eigenvalue weighted by molar-refractivity contribution is 5.39. The molecule has 27 heavy (non-hydrogen) atoms. The van der Waals surface area contributed by atoms with E-state index in [1.54, 1.807) is 6.07 Å². The highest BCUT2D eigenvalue weighted by Crippen LogP contribution is 2.20. The minimum atomic E-state index is -0.501. The van der Waals surface area contributed by atoms with Gasteiger partial charge in [-0.25, -0.2) is 0 Å². The van der Waals surface area contributed by atoms with Crippen molar-refractivity contribution in [3.05, 3.63) is 53.2 Å². The third-order valence-corrected chi connectivity index (χ3v) is 5.22. The average Bonchev–Trinajstić information content (AvgIpc) is 2.68. The number of aromatic nitrogens is 2. The molecule has 2 heterocycles. The molecule has 3 rings (SSSR count). The van der Waals surface area contributed by atoms with Crippen molar-refractivity contribution in [2.24, 2.45) is 0 Å². The molecule has 0 aliphatic carbocycles. The largest absolute Gasteiger partial charge is 0.378 e. The first-order chi connectivity index (χ1) is 13.0. The molecule has 1 aromatic carbocycles. The van der Waals surface area contributed by atoms with Crippen molar-refractivity contribution >= 4 is 5.82 Å². The molecule has 1 fully saturated rings. The van der Waals surface area contributed by atoms with E-state index >= 15 is 0 Å². The van der Waals surface area contributed by atoms with E-state index in [4.69, 9.17) is 5.26 Å². The molecule has 1 aliphatic heterocycles. The van der Waals surface area contributed by atoms with E-state index in [1.165, 1.54) is 5.56 Å². The van der Waals surface area contributed by atoms with Crippen molar-refractivity contribution in [3.63, 3.8) is 0 Å². The number of hydrogen-bond acceptors (Lipinski definition) is 6. The second-order valence-electron chi connectivity index (χ2n) is 7.50. The SMILES string of the molecule is CC(C)c1ccc(CC(O)N2CCN(c3ccc(C#N)nn3)C[C@H]2C)cc1. The third kappa shape index (κ3) is 4.62. The Bertz CT molecular complexity index is 782. The summed E-state index contributed by atoms with van der Waals surface area (Å²) in [5.41, 5.74) is 2.79. The molecular formula is C21H27N5O. The number of anilines is 1. The van der Waals surface area contributed by atoms with Crippen LogP contribution in [0.3, 0.4) is 0 Å². The lowest BCUT2D eigenvalue weighted by Crippen LogP contribution is -2.56. The van der Waals surface area contributed by atoms with Gasteiger partial charge in [-0.2, -0.15) is 5.26 Å². The molecular weight excluding hydrogens is 338 g/mol. The molecule has 0 radical (unpaired) electrons. The van der Waals surface area contributed by atoms with Crippen LogP contribution >= 0.6 is 0 Å². The fraction of sp³-hybridized carbons (Fsp3) is 0.476. The lowest BCUT2D eigenvalue weighted by Gasteiger charge is -2.42. The maximum atomic E-state index is 10.7. The summed E-state index contributed by atoms with van der Waals surface area (Å²) in [6, 6.07) is 14.2. The lowest BCUT2D eigenvalue weighted by molar-refractivity contribution is -0.0248. The van der Waals surface area contributed by atoms with Gasteiger partial charge >= 0.3 is 0 Å². The van der Waals surface area contributed by atoms with E-state index in [1.807, 2.05) is 12.1 Å². The zero-order valence-electron chi connectivity index (χ0n) is 16.2. The average molecular weight is 365 g/mol. The molecule has 6 nitrogen and oxygen atoms in total. The van der Waals surface area contributed by atoms with E-state index in [0.717, 1.165) is 31.0 Å². The number of benzene rings is 1. The van der Waals surface area contributed by atoms with Crippen LogP contribution in [0.4, 0.5) is 5.82 Å². The minimum absolute atomic E-state index is 0.195. The fourth-order valence-electron chi connectivity index (χ4n) is 3.54.